The number of hydrogen-bond donors (Lipinski definition) is 2. The average molecular weight is 433 g/mol. The maximum Gasteiger partial charge on any atom is 0.308 e. The van der Waals surface area contributed by atoms with Crippen molar-refractivity contribution in [3.05, 3.63) is 77.9 Å². The second-order valence-electron chi connectivity index (χ2n) is 7.01. The highest BCUT2D eigenvalue weighted by Gasteiger charge is 2.15. The van der Waals surface area contributed by atoms with Gasteiger partial charge in [0.15, 0.2) is 10.8 Å². The lowest BCUT2D eigenvalue weighted by Gasteiger charge is -2.06. The van der Waals surface area contributed by atoms with Gasteiger partial charge in [-0.2, -0.15) is 0 Å². The van der Waals surface area contributed by atoms with Crippen LogP contribution < -0.4 is 4.74 Å². The van der Waals surface area contributed by atoms with E-state index in [-0.39, 0.29) is 11.5 Å². The summed E-state index contributed by atoms with van der Waals surface area (Å²) in [5.41, 5.74) is 2.45. The quantitative estimate of drug-likeness (QED) is 0.208. The van der Waals surface area contributed by atoms with Crippen molar-refractivity contribution in [2.24, 2.45) is 10.2 Å². The molecule has 7 heteroatoms. The summed E-state index contributed by atoms with van der Waals surface area (Å²) >= 11 is 1.41. The van der Waals surface area contributed by atoms with Gasteiger partial charge < -0.3 is 14.9 Å². The van der Waals surface area contributed by atoms with E-state index in [0.29, 0.717) is 34.8 Å². The van der Waals surface area contributed by atoms with Gasteiger partial charge in [0.05, 0.1) is 5.69 Å². The number of benzene rings is 3. The largest absolute Gasteiger partial charge is 0.508 e. The highest BCUT2D eigenvalue weighted by Crippen LogP contribution is 2.44. The number of phenols is 2. The Morgan fingerprint density at radius 3 is 2.52 bits per heavy atom. The van der Waals surface area contributed by atoms with Crippen LogP contribution in [0.3, 0.4) is 0 Å². The van der Waals surface area contributed by atoms with E-state index in [1.807, 2.05) is 48.5 Å². The predicted octanol–water partition coefficient (Wildman–Crippen LogP) is 6.44. The summed E-state index contributed by atoms with van der Waals surface area (Å²) in [5, 5.41) is 29.5. The molecule has 0 fully saturated rings. The number of hydrogen-bond acceptors (Lipinski definition) is 7. The molecule has 1 aromatic heterocycles. The smallest absolute Gasteiger partial charge is 0.308 e. The van der Waals surface area contributed by atoms with E-state index in [1.54, 1.807) is 6.07 Å². The standard InChI is InChI=1S/C24H20N2O4S/c1-15(27)30-23-20-4-2-3-5-22(20)31-24(23)26-25-18-10-7-16(8-11-18)6-9-17-14-19(28)12-13-21(17)29/h2-5,7-8,10-14,28-29H,6,9H2,1H3. The molecule has 0 radical (unpaired) electrons. The van der Waals surface area contributed by atoms with Crippen LogP contribution in [0.5, 0.6) is 17.2 Å². The zero-order valence-corrected chi connectivity index (χ0v) is 17.6. The number of thiophene rings is 1. The number of aromatic hydroxyl groups is 2. The third-order valence-corrected chi connectivity index (χ3v) is 5.75. The Labute approximate surface area is 183 Å². The molecule has 6 nitrogen and oxygen atoms in total. The van der Waals surface area contributed by atoms with Crippen LogP contribution in [0.15, 0.2) is 77.0 Å². The molecule has 0 aliphatic heterocycles. The molecule has 0 saturated carbocycles. The maximum atomic E-state index is 11.5. The molecule has 1 heterocycles. The first kappa shape index (κ1) is 20.6. The first-order valence-electron chi connectivity index (χ1n) is 9.71. The van der Waals surface area contributed by atoms with Crippen LogP contribution in [0.25, 0.3) is 10.1 Å². The number of phenolic OH excluding ortho intramolecular Hbond substituents is 2. The fraction of sp³-hybridized carbons (Fsp3) is 0.125. The summed E-state index contributed by atoms with van der Waals surface area (Å²) in [4.78, 5) is 11.5. The monoisotopic (exact) mass is 432 g/mol. The Morgan fingerprint density at radius 1 is 0.968 bits per heavy atom. The lowest BCUT2D eigenvalue weighted by Crippen LogP contribution is -2.00. The number of carbonyl (C=O) groups is 1. The second kappa shape index (κ2) is 8.97. The number of aryl methyl sites for hydroxylation is 2. The van der Waals surface area contributed by atoms with Gasteiger partial charge in [0.1, 0.15) is 11.5 Å². The van der Waals surface area contributed by atoms with Gasteiger partial charge in [0.25, 0.3) is 0 Å². The second-order valence-corrected chi connectivity index (χ2v) is 8.04. The molecule has 4 aromatic rings. The number of fused-ring (bicyclic) bond motifs is 1. The molecule has 156 valence electrons. The van der Waals surface area contributed by atoms with Crippen LogP contribution in [-0.2, 0) is 17.6 Å². The molecule has 3 aromatic carbocycles. The normalized spacial score (nSPS) is 11.3. The molecule has 0 unspecified atom stereocenters. The van der Waals surface area contributed by atoms with Crippen LogP contribution in [0, 0.1) is 0 Å². The average Bonchev–Trinajstić information content (AvgIpc) is 3.10. The molecule has 0 spiro atoms. The Morgan fingerprint density at radius 2 is 1.74 bits per heavy atom. The minimum atomic E-state index is -0.401. The third-order valence-electron chi connectivity index (χ3n) is 4.72. The summed E-state index contributed by atoms with van der Waals surface area (Å²) in [6.45, 7) is 1.36. The first-order chi connectivity index (χ1) is 15.0. The SMILES string of the molecule is CC(=O)Oc1c(N=Nc2ccc(CCc3cc(O)ccc3O)cc2)sc2ccccc12. The molecule has 31 heavy (non-hydrogen) atoms. The fourth-order valence-electron chi connectivity index (χ4n) is 3.20. The maximum absolute atomic E-state index is 11.5. The van der Waals surface area contributed by atoms with Crippen molar-refractivity contribution >= 4 is 38.1 Å². The van der Waals surface area contributed by atoms with E-state index in [2.05, 4.69) is 10.2 Å². The van der Waals surface area contributed by atoms with E-state index in [0.717, 1.165) is 15.6 Å². The number of ether oxygens (including phenoxy) is 1. The van der Waals surface area contributed by atoms with Crippen LogP contribution in [-0.4, -0.2) is 16.2 Å². The Bertz CT molecular complexity index is 1260. The van der Waals surface area contributed by atoms with Crippen molar-refractivity contribution in [2.75, 3.05) is 0 Å². The first-order valence-corrected chi connectivity index (χ1v) is 10.5. The Balaban J connectivity index is 1.49. The fourth-order valence-corrected chi connectivity index (χ4v) is 4.15. The van der Waals surface area contributed by atoms with E-state index >= 15 is 0 Å². The molecular formula is C24H20N2O4S. The number of carbonyl (C=O) groups excluding carboxylic acids is 1. The van der Waals surface area contributed by atoms with Gasteiger partial charge in [0, 0.05) is 17.0 Å². The molecule has 4 rings (SSSR count). The van der Waals surface area contributed by atoms with E-state index in [4.69, 9.17) is 4.74 Å². The number of azo groups is 1. The van der Waals surface area contributed by atoms with Crippen molar-refractivity contribution < 1.29 is 19.7 Å². The van der Waals surface area contributed by atoms with Gasteiger partial charge in [-0.15, -0.1) is 21.6 Å². The number of nitrogens with zero attached hydrogens (tertiary/aromatic N) is 2. The lowest BCUT2D eigenvalue weighted by atomic mass is 10.0. The van der Waals surface area contributed by atoms with Gasteiger partial charge in [0.2, 0.25) is 0 Å². The summed E-state index contributed by atoms with van der Waals surface area (Å²) in [7, 11) is 0. The zero-order valence-electron chi connectivity index (χ0n) is 16.8. The van der Waals surface area contributed by atoms with Crippen molar-refractivity contribution in [3.63, 3.8) is 0 Å². The minimum Gasteiger partial charge on any atom is -0.508 e. The van der Waals surface area contributed by atoms with Crippen LogP contribution >= 0.6 is 11.3 Å². The predicted molar refractivity (Wildman–Crippen MR) is 121 cm³/mol. The molecule has 0 saturated heterocycles. The highest BCUT2D eigenvalue weighted by atomic mass is 32.1. The van der Waals surface area contributed by atoms with Gasteiger partial charge in [-0.25, -0.2) is 0 Å². The van der Waals surface area contributed by atoms with Crippen molar-refractivity contribution in [3.8, 4) is 17.2 Å². The Kier molecular flexibility index (Phi) is 5.95. The zero-order chi connectivity index (χ0) is 21.8. The van der Waals surface area contributed by atoms with Gasteiger partial charge >= 0.3 is 5.97 Å². The van der Waals surface area contributed by atoms with Crippen LogP contribution in [0.2, 0.25) is 0 Å². The van der Waals surface area contributed by atoms with E-state index < -0.39 is 5.97 Å². The van der Waals surface area contributed by atoms with E-state index in [1.165, 1.54) is 30.4 Å². The molecule has 0 aliphatic rings. The van der Waals surface area contributed by atoms with Crippen LogP contribution in [0.1, 0.15) is 18.1 Å². The van der Waals surface area contributed by atoms with Crippen LogP contribution in [0.4, 0.5) is 10.7 Å². The highest BCUT2D eigenvalue weighted by molar-refractivity contribution is 7.23. The van der Waals surface area contributed by atoms with E-state index in [9.17, 15) is 15.0 Å². The molecule has 0 aliphatic carbocycles. The van der Waals surface area contributed by atoms with Crippen molar-refractivity contribution in [2.45, 2.75) is 19.8 Å². The summed E-state index contributed by atoms with van der Waals surface area (Å²) in [5.74, 6) is 0.342. The summed E-state index contributed by atoms with van der Waals surface area (Å²) in [6, 6.07) is 19.8. The third kappa shape index (κ3) is 4.90. The lowest BCUT2D eigenvalue weighted by molar-refractivity contribution is -0.131. The Hall–Kier alpha value is -3.71. The summed E-state index contributed by atoms with van der Waals surface area (Å²) < 4.78 is 6.35. The van der Waals surface area contributed by atoms with Gasteiger partial charge in [-0.05, 0) is 66.4 Å². The summed E-state index contributed by atoms with van der Waals surface area (Å²) in [6.07, 6.45) is 1.32. The molecule has 2 N–H and O–H groups in total. The molecule has 0 amide bonds. The molecule has 0 bridgehead atoms. The van der Waals surface area contributed by atoms with Gasteiger partial charge in [-0.3, -0.25) is 4.79 Å². The molecular weight excluding hydrogens is 412 g/mol. The molecule has 0 atom stereocenters. The van der Waals surface area contributed by atoms with Crippen molar-refractivity contribution in [1.29, 1.82) is 0 Å². The topological polar surface area (TPSA) is 91.5 Å². The number of rotatable bonds is 6. The van der Waals surface area contributed by atoms with Crippen molar-refractivity contribution in [1.82, 2.24) is 0 Å². The number of esters is 1. The minimum absolute atomic E-state index is 0.137. The van der Waals surface area contributed by atoms with Gasteiger partial charge in [-0.1, -0.05) is 24.3 Å².